The minimum Gasteiger partial charge on any atom is -0.339 e. The van der Waals surface area contributed by atoms with E-state index < -0.39 is 0 Å². The molecule has 0 unspecified atom stereocenters. The van der Waals surface area contributed by atoms with Crippen molar-refractivity contribution in [2.24, 2.45) is 0 Å². The van der Waals surface area contributed by atoms with E-state index in [1.807, 2.05) is 57.2 Å². The monoisotopic (exact) mass is 332 g/mol. The van der Waals surface area contributed by atoms with Gasteiger partial charge in [-0.15, -0.1) is 0 Å². The van der Waals surface area contributed by atoms with Crippen LogP contribution in [0.3, 0.4) is 0 Å². The Labute approximate surface area is 147 Å². The predicted molar refractivity (Wildman–Crippen MR) is 100 cm³/mol. The summed E-state index contributed by atoms with van der Waals surface area (Å²) in [4.78, 5) is 20.7. The Morgan fingerprint density at radius 2 is 1.48 bits per heavy atom. The minimum absolute atomic E-state index is 0.270. The fourth-order valence-corrected chi connectivity index (χ4v) is 2.54. The molecule has 0 saturated heterocycles. The Hall–Kier alpha value is -3.21. The van der Waals surface area contributed by atoms with E-state index in [0.29, 0.717) is 5.82 Å². The lowest BCUT2D eigenvalue weighted by Gasteiger charge is -2.08. The second-order valence-electron chi connectivity index (χ2n) is 6.11. The topological polar surface area (TPSA) is 66.9 Å². The Morgan fingerprint density at radius 1 is 0.800 bits per heavy atom. The third kappa shape index (κ3) is 4.41. The van der Waals surface area contributed by atoms with Gasteiger partial charge in [-0.2, -0.15) is 0 Å². The SMILES string of the molecule is Cc1ccc(NC(=O)c2cnc(Nc3cc(C)cc(C)c3)cn2)cc1. The van der Waals surface area contributed by atoms with Crippen LogP contribution in [0.4, 0.5) is 17.2 Å². The molecule has 5 heteroatoms. The zero-order valence-electron chi connectivity index (χ0n) is 14.5. The van der Waals surface area contributed by atoms with Crippen molar-refractivity contribution in [2.75, 3.05) is 10.6 Å². The van der Waals surface area contributed by atoms with Gasteiger partial charge in [0.05, 0.1) is 12.4 Å². The Bertz CT molecular complexity index is 866. The Balaban J connectivity index is 1.68. The number of aromatic nitrogens is 2. The lowest BCUT2D eigenvalue weighted by molar-refractivity contribution is 0.102. The first-order chi connectivity index (χ1) is 12.0. The summed E-state index contributed by atoms with van der Waals surface area (Å²) in [6.45, 7) is 6.09. The molecule has 0 bridgehead atoms. The number of benzene rings is 2. The van der Waals surface area contributed by atoms with E-state index in [4.69, 9.17) is 0 Å². The first-order valence-corrected chi connectivity index (χ1v) is 8.05. The van der Waals surface area contributed by atoms with Gasteiger partial charge in [0.1, 0.15) is 11.5 Å². The molecule has 1 heterocycles. The van der Waals surface area contributed by atoms with Crippen molar-refractivity contribution in [2.45, 2.75) is 20.8 Å². The summed E-state index contributed by atoms with van der Waals surface area (Å²) in [5.74, 6) is 0.311. The van der Waals surface area contributed by atoms with Gasteiger partial charge in [-0.3, -0.25) is 4.79 Å². The van der Waals surface area contributed by atoms with Crippen molar-refractivity contribution in [3.05, 3.63) is 77.2 Å². The number of aryl methyl sites for hydroxylation is 3. The second kappa shape index (κ2) is 7.13. The Morgan fingerprint density at radius 3 is 2.08 bits per heavy atom. The zero-order valence-corrected chi connectivity index (χ0v) is 14.5. The molecule has 2 N–H and O–H groups in total. The highest BCUT2D eigenvalue weighted by Crippen LogP contribution is 2.18. The normalized spacial score (nSPS) is 10.4. The van der Waals surface area contributed by atoms with Gasteiger partial charge in [-0.25, -0.2) is 9.97 Å². The molecular weight excluding hydrogens is 312 g/mol. The van der Waals surface area contributed by atoms with Crippen LogP contribution in [0.2, 0.25) is 0 Å². The third-order valence-electron chi connectivity index (χ3n) is 3.69. The number of nitrogens with one attached hydrogen (secondary N) is 2. The fraction of sp³-hybridized carbons (Fsp3) is 0.150. The largest absolute Gasteiger partial charge is 0.339 e. The number of carbonyl (C=O) groups is 1. The molecule has 0 aliphatic carbocycles. The van der Waals surface area contributed by atoms with Crippen LogP contribution in [0.25, 0.3) is 0 Å². The minimum atomic E-state index is -0.283. The first-order valence-electron chi connectivity index (χ1n) is 8.05. The number of anilines is 3. The quantitative estimate of drug-likeness (QED) is 0.743. The van der Waals surface area contributed by atoms with Crippen LogP contribution in [-0.2, 0) is 0 Å². The van der Waals surface area contributed by atoms with Gasteiger partial charge in [-0.1, -0.05) is 23.8 Å². The molecule has 1 amide bonds. The fourth-order valence-electron chi connectivity index (χ4n) is 2.54. The third-order valence-corrected chi connectivity index (χ3v) is 3.69. The maximum atomic E-state index is 12.2. The molecule has 0 saturated carbocycles. The molecule has 0 radical (unpaired) electrons. The maximum absolute atomic E-state index is 12.2. The molecule has 25 heavy (non-hydrogen) atoms. The van der Waals surface area contributed by atoms with Crippen LogP contribution in [0.1, 0.15) is 27.2 Å². The molecule has 0 atom stereocenters. The molecule has 0 fully saturated rings. The van der Waals surface area contributed by atoms with Gasteiger partial charge in [-0.05, 0) is 56.2 Å². The molecule has 2 aromatic carbocycles. The van der Waals surface area contributed by atoms with Crippen LogP contribution in [0, 0.1) is 20.8 Å². The van der Waals surface area contributed by atoms with Crippen LogP contribution in [-0.4, -0.2) is 15.9 Å². The van der Waals surface area contributed by atoms with Gasteiger partial charge in [0.25, 0.3) is 5.91 Å². The Kier molecular flexibility index (Phi) is 4.75. The van der Waals surface area contributed by atoms with Gasteiger partial charge in [0, 0.05) is 11.4 Å². The molecule has 1 aromatic heterocycles. The molecule has 3 aromatic rings. The summed E-state index contributed by atoms with van der Waals surface area (Å²) < 4.78 is 0. The highest BCUT2D eigenvalue weighted by molar-refractivity contribution is 6.02. The summed E-state index contributed by atoms with van der Waals surface area (Å²) in [5, 5.41) is 6.01. The van der Waals surface area contributed by atoms with E-state index in [-0.39, 0.29) is 11.6 Å². The van der Waals surface area contributed by atoms with Crippen molar-refractivity contribution in [1.82, 2.24) is 9.97 Å². The number of rotatable bonds is 4. The van der Waals surface area contributed by atoms with E-state index in [0.717, 1.165) is 16.9 Å². The number of amides is 1. The molecule has 126 valence electrons. The lowest BCUT2D eigenvalue weighted by atomic mass is 10.1. The number of nitrogens with zero attached hydrogens (tertiary/aromatic N) is 2. The average Bonchev–Trinajstić information content (AvgIpc) is 2.56. The van der Waals surface area contributed by atoms with E-state index >= 15 is 0 Å². The van der Waals surface area contributed by atoms with Crippen molar-refractivity contribution >= 4 is 23.1 Å². The van der Waals surface area contributed by atoms with Crippen LogP contribution < -0.4 is 10.6 Å². The molecule has 3 rings (SSSR count). The van der Waals surface area contributed by atoms with Crippen LogP contribution in [0.15, 0.2) is 54.9 Å². The van der Waals surface area contributed by atoms with E-state index in [1.54, 1.807) is 6.20 Å². The van der Waals surface area contributed by atoms with Crippen molar-refractivity contribution in [1.29, 1.82) is 0 Å². The average molecular weight is 332 g/mol. The van der Waals surface area contributed by atoms with Crippen molar-refractivity contribution in [3.63, 3.8) is 0 Å². The summed E-state index contributed by atoms with van der Waals surface area (Å²) >= 11 is 0. The summed E-state index contributed by atoms with van der Waals surface area (Å²) in [5.41, 5.74) is 5.43. The van der Waals surface area contributed by atoms with E-state index in [1.165, 1.54) is 17.3 Å². The van der Waals surface area contributed by atoms with Gasteiger partial charge < -0.3 is 10.6 Å². The standard InChI is InChI=1S/C20H20N4O/c1-13-4-6-16(7-5-13)24-20(25)18-11-22-19(12-21-18)23-17-9-14(2)8-15(3)10-17/h4-12H,1-3H3,(H,22,23)(H,24,25). The van der Waals surface area contributed by atoms with Gasteiger partial charge in [0.2, 0.25) is 0 Å². The van der Waals surface area contributed by atoms with Gasteiger partial charge in [0.15, 0.2) is 0 Å². The summed E-state index contributed by atoms with van der Waals surface area (Å²) in [7, 11) is 0. The van der Waals surface area contributed by atoms with Crippen molar-refractivity contribution < 1.29 is 4.79 Å². The molecule has 0 aliphatic heterocycles. The van der Waals surface area contributed by atoms with E-state index in [9.17, 15) is 4.79 Å². The van der Waals surface area contributed by atoms with Gasteiger partial charge >= 0.3 is 0 Å². The van der Waals surface area contributed by atoms with Crippen LogP contribution in [0.5, 0.6) is 0 Å². The summed E-state index contributed by atoms with van der Waals surface area (Å²) in [6.07, 6.45) is 3.02. The summed E-state index contributed by atoms with van der Waals surface area (Å²) in [6, 6.07) is 13.8. The number of carbonyl (C=O) groups excluding carboxylic acids is 1. The number of hydrogen-bond acceptors (Lipinski definition) is 4. The molecule has 0 aliphatic rings. The smallest absolute Gasteiger partial charge is 0.275 e. The lowest BCUT2D eigenvalue weighted by Crippen LogP contribution is -2.14. The van der Waals surface area contributed by atoms with E-state index in [2.05, 4.69) is 26.7 Å². The first kappa shape index (κ1) is 16.6. The zero-order chi connectivity index (χ0) is 17.8. The molecular formula is C20H20N4O. The van der Waals surface area contributed by atoms with Crippen LogP contribution >= 0.6 is 0 Å². The highest BCUT2D eigenvalue weighted by Gasteiger charge is 2.08. The number of hydrogen-bond donors (Lipinski definition) is 2. The molecule has 0 spiro atoms. The second-order valence-corrected chi connectivity index (χ2v) is 6.11. The predicted octanol–water partition coefficient (Wildman–Crippen LogP) is 4.40. The highest BCUT2D eigenvalue weighted by atomic mass is 16.1. The maximum Gasteiger partial charge on any atom is 0.275 e. The molecule has 5 nitrogen and oxygen atoms in total. The van der Waals surface area contributed by atoms with Crippen molar-refractivity contribution in [3.8, 4) is 0 Å².